The molecule has 9 heteroatoms. The lowest BCUT2D eigenvalue weighted by Crippen LogP contribution is -2.03. The van der Waals surface area contributed by atoms with Gasteiger partial charge in [0.2, 0.25) is 11.8 Å². The second-order valence-electron chi connectivity index (χ2n) is 8.38. The summed E-state index contributed by atoms with van der Waals surface area (Å²) < 4.78 is 24.6. The number of para-hydroxylation sites is 1. The first-order chi connectivity index (χ1) is 18.5. The molecule has 0 bridgehead atoms. The number of carboxylic acid groups (broad SMARTS) is 1. The van der Waals surface area contributed by atoms with E-state index in [1.807, 2.05) is 73.7 Å². The molecule has 0 spiro atoms. The molecule has 0 aliphatic heterocycles. The summed E-state index contributed by atoms with van der Waals surface area (Å²) in [6.07, 6.45) is 1.43. The Bertz CT molecular complexity index is 1540. The molecule has 0 amide bonds. The second-order valence-corrected chi connectivity index (χ2v) is 8.38. The summed E-state index contributed by atoms with van der Waals surface area (Å²) in [6.45, 7) is 2.14. The van der Waals surface area contributed by atoms with Crippen LogP contribution >= 0.6 is 0 Å². The number of oxazole rings is 1. The quantitative estimate of drug-likeness (QED) is 0.254. The van der Waals surface area contributed by atoms with E-state index in [9.17, 15) is 9.90 Å². The van der Waals surface area contributed by atoms with Gasteiger partial charge in [-0.15, -0.1) is 5.10 Å². The number of carboxylic acids is 1. The van der Waals surface area contributed by atoms with Gasteiger partial charge >= 0.3 is 5.97 Å². The summed E-state index contributed by atoms with van der Waals surface area (Å²) in [4.78, 5) is 16.3. The average Bonchev–Trinajstić information content (AvgIpc) is 3.55. The number of nitrogens with zero attached hydrogens (tertiary/aromatic N) is 3. The van der Waals surface area contributed by atoms with Crippen LogP contribution in [-0.4, -0.2) is 33.0 Å². The molecule has 1 N–H and O–H groups in total. The molecule has 0 radical (unpaired) electrons. The highest BCUT2D eigenvalue weighted by Crippen LogP contribution is 2.30. The van der Waals surface area contributed by atoms with Crippen LogP contribution in [-0.2, 0) is 13.2 Å². The number of aromatic carboxylic acids is 1. The van der Waals surface area contributed by atoms with Gasteiger partial charge in [0.15, 0.2) is 11.5 Å². The standard InChI is InChI=1S/C29H25N3O6/c1-19-24(30-27(38-19)21-9-5-3-6-10-21)18-36-25-14-13-20(15-26(25)35-2)17-37-28-23(29(33)34)16-32(31-28)22-11-7-4-8-12-22/h3-16H,17-18H2,1-2H3,(H,33,34). The van der Waals surface area contributed by atoms with Crippen molar-refractivity contribution in [3.05, 3.63) is 108 Å². The highest BCUT2D eigenvalue weighted by Gasteiger charge is 2.19. The first kappa shape index (κ1) is 24.6. The Morgan fingerprint density at radius 2 is 1.68 bits per heavy atom. The Labute approximate surface area is 218 Å². The van der Waals surface area contributed by atoms with Gasteiger partial charge in [0.05, 0.1) is 12.8 Å². The molecular weight excluding hydrogens is 486 g/mol. The number of benzene rings is 3. The summed E-state index contributed by atoms with van der Waals surface area (Å²) in [5.41, 5.74) is 3.03. The molecule has 0 atom stereocenters. The number of methoxy groups -OCH3 is 1. The van der Waals surface area contributed by atoms with E-state index in [2.05, 4.69) is 10.1 Å². The molecule has 0 aliphatic carbocycles. The first-order valence-electron chi connectivity index (χ1n) is 11.8. The highest BCUT2D eigenvalue weighted by atomic mass is 16.5. The van der Waals surface area contributed by atoms with Gasteiger partial charge < -0.3 is 23.7 Å². The minimum atomic E-state index is -1.12. The molecule has 2 aromatic heterocycles. The van der Waals surface area contributed by atoms with Crippen molar-refractivity contribution in [3.8, 4) is 34.5 Å². The number of aromatic nitrogens is 3. The predicted octanol–water partition coefficient (Wildman–Crippen LogP) is 5.70. The fourth-order valence-electron chi connectivity index (χ4n) is 3.81. The second kappa shape index (κ2) is 10.9. The van der Waals surface area contributed by atoms with E-state index >= 15 is 0 Å². The van der Waals surface area contributed by atoms with Crippen molar-refractivity contribution in [2.45, 2.75) is 20.1 Å². The predicted molar refractivity (Wildman–Crippen MR) is 139 cm³/mol. The monoisotopic (exact) mass is 511 g/mol. The average molecular weight is 512 g/mol. The normalized spacial score (nSPS) is 10.8. The molecular formula is C29H25N3O6. The van der Waals surface area contributed by atoms with Crippen LogP contribution < -0.4 is 14.2 Å². The summed E-state index contributed by atoms with van der Waals surface area (Å²) in [6, 6.07) is 24.3. The smallest absolute Gasteiger partial charge is 0.342 e. The molecule has 192 valence electrons. The van der Waals surface area contributed by atoms with Crippen molar-refractivity contribution in [1.29, 1.82) is 0 Å². The minimum Gasteiger partial charge on any atom is -0.493 e. The summed E-state index contributed by atoms with van der Waals surface area (Å²) in [5.74, 6) is 1.15. The van der Waals surface area contributed by atoms with Crippen LogP contribution in [0, 0.1) is 6.92 Å². The van der Waals surface area contributed by atoms with Crippen molar-refractivity contribution in [2.75, 3.05) is 7.11 Å². The lowest BCUT2D eigenvalue weighted by Gasteiger charge is -2.12. The van der Waals surface area contributed by atoms with Gasteiger partial charge in [-0.25, -0.2) is 14.5 Å². The Morgan fingerprint density at radius 3 is 2.39 bits per heavy atom. The van der Waals surface area contributed by atoms with Crippen LogP contribution in [0.4, 0.5) is 0 Å². The largest absolute Gasteiger partial charge is 0.493 e. The van der Waals surface area contributed by atoms with Crippen LogP contribution in [0.5, 0.6) is 17.4 Å². The minimum absolute atomic E-state index is 0.0244. The Kier molecular flexibility index (Phi) is 7.08. The number of hydrogen-bond donors (Lipinski definition) is 1. The SMILES string of the molecule is COc1cc(COc2nn(-c3ccccc3)cc2C(=O)O)ccc1OCc1nc(-c2ccccc2)oc1C. The molecule has 5 rings (SSSR count). The molecule has 0 saturated heterocycles. The van der Waals surface area contributed by atoms with Gasteiger partial charge in [0.1, 0.15) is 30.2 Å². The molecule has 3 aromatic carbocycles. The molecule has 2 heterocycles. The zero-order chi connectivity index (χ0) is 26.5. The fraction of sp³-hybridized carbons (Fsp3) is 0.138. The number of hydrogen-bond acceptors (Lipinski definition) is 7. The van der Waals surface area contributed by atoms with Crippen molar-refractivity contribution < 1.29 is 28.5 Å². The topological polar surface area (TPSA) is 109 Å². The van der Waals surface area contributed by atoms with E-state index in [1.165, 1.54) is 10.9 Å². The van der Waals surface area contributed by atoms with Gasteiger partial charge in [-0.3, -0.25) is 0 Å². The number of rotatable bonds is 10. The van der Waals surface area contributed by atoms with Crippen molar-refractivity contribution in [2.24, 2.45) is 0 Å². The third-order valence-electron chi connectivity index (χ3n) is 5.81. The van der Waals surface area contributed by atoms with Gasteiger partial charge in [0, 0.05) is 11.8 Å². The first-order valence-corrected chi connectivity index (χ1v) is 11.8. The Morgan fingerprint density at radius 1 is 0.947 bits per heavy atom. The summed E-state index contributed by atoms with van der Waals surface area (Å²) in [5, 5.41) is 13.9. The number of carbonyl (C=O) groups is 1. The van der Waals surface area contributed by atoms with E-state index in [0.717, 1.165) is 16.8 Å². The van der Waals surface area contributed by atoms with Crippen LogP contribution in [0.3, 0.4) is 0 Å². The summed E-state index contributed by atoms with van der Waals surface area (Å²) >= 11 is 0. The number of ether oxygens (including phenoxy) is 3. The van der Waals surface area contributed by atoms with Gasteiger partial charge in [-0.2, -0.15) is 0 Å². The van der Waals surface area contributed by atoms with E-state index in [1.54, 1.807) is 19.2 Å². The maximum absolute atomic E-state index is 11.7. The van der Waals surface area contributed by atoms with Gasteiger partial charge in [-0.05, 0) is 48.9 Å². The van der Waals surface area contributed by atoms with Crippen LogP contribution in [0.15, 0.2) is 89.5 Å². The molecule has 9 nitrogen and oxygen atoms in total. The zero-order valence-corrected chi connectivity index (χ0v) is 20.8. The van der Waals surface area contributed by atoms with E-state index in [4.69, 9.17) is 18.6 Å². The van der Waals surface area contributed by atoms with Gasteiger partial charge in [0.25, 0.3) is 0 Å². The highest BCUT2D eigenvalue weighted by molar-refractivity contribution is 5.90. The molecule has 0 saturated carbocycles. The third-order valence-corrected chi connectivity index (χ3v) is 5.81. The van der Waals surface area contributed by atoms with E-state index < -0.39 is 5.97 Å². The van der Waals surface area contributed by atoms with Crippen molar-refractivity contribution in [1.82, 2.24) is 14.8 Å². The Balaban J connectivity index is 1.27. The van der Waals surface area contributed by atoms with E-state index in [-0.39, 0.29) is 24.7 Å². The molecule has 0 aliphatic rings. The third kappa shape index (κ3) is 5.36. The summed E-state index contributed by atoms with van der Waals surface area (Å²) in [7, 11) is 1.55. The lowest BCUT2D eigenvalue weighted by atomic mass is 10.2. The van der Waals surface area contributed by atoms with Crippen LogP contribution in [0.25, 0.3) is 17.1 Å². The van der Waals surface area contributed by atoms with Crippen LogP contribution in [0.2, 0.25) is 0 Å². The van der Waals surface area contributed by atoms with Crippen molar-refractivity contribution in [3.63, 3.8) is 0 Å². The molecule has 38 heavy (non-hydrogen) atoms. The van der Waals surface area contributed by atoms with Crippen LogP contribution in [0.1, 0.15) is 27.4 Å². The lowest BCUT2D eigenvalue weighted by molar-refractivity contribution is 0.0691. The van der Waals surface area contributed by atoms with Gasteiger partial charge in [-0.1, -0.05) is 42.5 Å². The maximum Gasteiger partial charge on any atom is 0.342 e. The molecule has 0 fully saturated rings. The van der Waals surface area contributed by atoms with E-state index in [0.29, 0.717) is 28.8 Å². The maximum atomic E-state index is 11.7. The zero-order valence-electron chi connectivity index (χ0n) is 20.8. The Hall–Kier alpha value is -5.05. The molecule has 0 unspecified atom stereocenters. The molecule has 5 aromatic rings. The number of aryl methyl sites for hydroxylation is 1. The fourth-order valence-corrected chi connectivity index (χ4v) is 3.81. The van der Waals surface area contributed by atoms with Crippen molar-refractivity contribution >= 4 is 5.97 Å².